The minimum atomic E-state index is -4.45. The number of sulfone groups is 1. The summed E-state index contributed by atoms with van der Waals surface area (Å²) in [7, 11) is -2.94. The molecule has 48 heavy (non-hydrogen) atoms. The fourth-order valence-corrected chi connectivity index (χ4v) is 8.57. The molecule has 4 N–H and O–H groups in total. The standard InChI is InChI=1S/C33H37F4N5O4S2/c34-26-19-29(30(46-16-10-38)20-28(26)40-12-15-43)39-11-2-5-31-25(21-33(35,36)37)24-3-1-4-27(32(24)47-31)41-22-6-8-23(9-7-22)42-13-17-48(44,45)18-14-42/h1,3-4,19-20,22-23,39-41,43H,6-9,11-18,21H2. The molecule has 0 bridgehead atoms. The lowest BCUT2D eigenvalue weighted by Crippen LogP contribution is -2.48. The molecule has 0 amide bonds. The molecular formula is C33H37F4N5O4S2. The van der Waals surface area contributed by atoms with Crippen molar-refractivity contribution in [1.29, 1.82) is 5.26 Å². The number of aliphatic hydroxyl groups excluding tert-OH is 1. The van der Waals surface area contributed by atoms with E-state index in [-0.39, 0.29) is 71.4 Å². The monoisotopic (exact) mass is 707 g/mol. The van der Waals surface area contributed by atoms with Crippen LogP contribution in [0.1, 0.15) is 36.1 Å². The maximum absolute atomic E-state index is 14.6. The van der Waals surface area contributed by atoms with E-state index < -0.39 is 28.3 Å². The molecule has 1 saturated heterocycles. The summed E-state index contributed by atoms with van der Waals surface area (Å²) < 4.78 is 85.6. The Hall–Kier alpha value is -3.76. The Labute approximate surface area is 281 Å². The summed E-state index contributed by atoms with van der Waals surface area (Å²) in [6.45, 7) is 0.674. The van der Waals surface area contributed by atoms with Gasteiger partial charge in [-0.1, -0.05) is 24.0 Å². The van der Waals surface area contributed by atoms with Gasteiger partial charge in [0.1, 0.15) is 17.6 Å². The quantitative estimate of drug-likeness (QED) is 0.154. The molecule has 5 rings (SSSR count). The molecule has 0 atom stereocenters. The van der Waals surface area contributed by atoms with Crippen molar-refractivity contribution in [1.82, 2.24) is 4.90 Å². The van der Waals surface area contributed by atoms with Gasteiger partial charge in [-0.05, 0) is 42.7 Å². The number of anilines is 3. The van der Waals surface area contributed by atoms with E-state index >= 15 is 0 Å². The zero-order valence-corrected chi connectivity index (χ0v) is 27.8. The first kappa shape index (κ1) is 35.5. The van der Waals surface area contributed by atoms with Gasteiger partial charge >= 0.3 is 6.18 Å². The van der Waals surface area contributed by atoms with Gasteiger partial charge in [0.2, 0.25) is 0 Å². The highest BCUT2D eigenvalue weighted by atomic mass is 32.2. The summed E-state index contributed by atoms with van der Waals surface area (Å²) in [5.74, 6) is 5.69. The van der Waals surface area contributed by atoms with Crippen LogP contribution >= 0.6 is 11.3 Å². The van der Waals surface area contributed by atoms with E-state index in [0.717, 1.165) is 37.4 Å². The first-order chi connectivity index (χ1) is 23.0. The second kappa shape index (κ2) is 15.6. The second-order valence-electron chi connectivity index (χ2n) is 11.8. The molecule has 2 heterocycles. The number of nitrogens with one attached hydrogen (secondary N) is 3. The molecule has 0 radical (unpaired) electrons. The smallest absolute Gasteiger partial charge is 0.393 e. The van der Waals surface area contributed by atoms with Gasteiger partial charge in [-0.25, -0.2) is 12.8 Å². The molecule has 258 valence electrons. The van der Waals surface area contributed by atoms with Crippen LogP contribution in [0.5, 0.6) is 5.75 Å². The zero-order chi connectivity index (χ0) is 34.3. The predicted octanol–water partition coefficient (Wildman–Crippen LogP) is 5.37. The van der Waals surface area contributed by atoms with Crippen molar-refractivity contribution in [2.75, 3.05) is 66.8 Å². The number of fused-ring (bicyclic) bond motifs is 1. The van der Waals surface area contributed by atoms with Crippen LogP contribution in [-0.4, -0.2) is 87.6 Å². The molecule has 1 aliphatic heterocycles. The molecule has 2 fully saturated rings. The van der Waals surface area contributed by atoms with E-state index in [1.165, 1.54) is 17.4 Å². The van der Waals surface area contributed by atoms with Crippen molar-refractivity contribution in [2.24, 2.45) is 0 Å². The number of ether oxygens (including phenoxy) is 1. The van der Waals surface area contributed by atoms with Crippen molar-refractivity contribution < 1.29 is 35.8 Å². The zero-order valence-electron chi connectivity index (χ0n) is 26.1. The van der Waals surface area contributed by atoms with E-state index in [1.54, 1.807) is 12.1 Å². The molecule has 0 spiro atoms. The number of nitriles is 1. The summed E-state index contributed by atoms with van der Waals surface area (Å²) in [5.41, 5.74) is 1.15. The fraction of sp³-hybridized carbons (Fsp3) is 0.485. The Morgan fingerprint density at radius 1 is 1.06 bits per heavy atom. The summed E-state index contributed by atoms with van der Waals surface area (Å²) >= 11 is 1.20. The summed E-state index contributed by atoms with van der Waals surface area (Å²) in [6.07, 6.45) is -2.03. The highest BCUT2D eigenvalue weighted by Crippen LogP contribution is 2.40. The van der Waals surface area contributed by atoms with Crippen LogP contribution in [0.25, 0.3) is 10.1 Å². The van der Waals surface area contributed by atoms with Gasteiger partial charge in [-0.15, -0.1) is 11.3 Å². The van der Waals surface area contributed by atoms with Crippen LogP contribution in [0, 0.1) is 29.0 Å². The fourth-order valence-electron chi connectivity index (χ4n) is 6.17. The Bertz CT molecular complexity index is 1790. The minimum Gasteiger partial charge on any atom is -0.477 e. The molecule has 0 unspecified atom stereocenters. The van der Waals surface area contributed by atoms with Crippen LogP contribution in [0.2, 0.25) is 0 Å². The first-order valence-corrected chi connectivity index (χ1v) is 18.3. The third-order valence-corrected chi connectivity index (χ3v) is 11.3. The van der Waals surface area contributed by atoms with E-state index in [1.807, 2.05) is 12.1 Å². The third-order valence-electron chi connectivity index (χ3n) is 8.51. The van der Waals surface area contributed by atoms with Gasteiger partial charge in [-0.2, -0.15) is 18.4 Å². The number of aliphatic hydroxyl groups is 1. The summed E-state index contributed by atoms with van der Waals surface area (Å²) in [6, 6.07) is 10.1. The van der Waals surface area contributed by atoms with Gasteiger partial charge < -0.3 is 25.8 Å². The largest absolute Gasteiger partial charge is 0.477 e. The molecule has 1 aliphatic carbocycles. The lowest BCUT2D eigenvalue weighted by atomic mass is 9.90. The van der Waals surface area contributed by atoms with Crippen molar-refractivity contribution in [3.63, 3.8) is 0 Å². The minimum absolute atomic E-state index is 0.0389. The van der Waals surface area contributed by atoms with E-state index in [4.69, 9.17) is 15.1 Å². The second-order valence-corrected chi connectivity index (χ2v) is 15.1. The van der Waals surface area contributed by atoms with Gasteiger partial charge in [0.25, 0.3) is 0 Å². The van der Waals surface area contributed by atoms with E-state index in [9.17, 15) is 26.0 Å². The van der Waals surface area contributed by atoms with Crippen LogP contribution in [0.15, 0.2) is 30.3 Å². The maximum atomic E-state index is 14.6. The molecule has 15 heteroatoms. The van der Waals surface area contributed by atoms with E-state index in [2.05, 4.69) is 32.7 Å². The molecule has 1 aromatic heterocycles. The van der Waals surface area contributed by atoms with Crippen LogP contribution in [-0.2, 0) is 16.3 Å². The van der Waals surface area contributed by atoms with Gasteiger partial charge in [0.05, 0.1) is 57.7 Å². The summed E-state index contributed by atoms with van der Waals surface area (Å²) in [4.78, 5) is 2.56. The van der Waals surface area contributed by atoms with Crippen LogP contribution in [0.3, 0.4) is 0 Å². The molecule has 9 nitrogen and oxygen atoms in total. The molecule has 3 aromatic rings. The molecule has 2 aromatic carbocycles. The number of hydrogen-bond acceptors (Lipinski definition) is 10. The number of nitrogens with zero attached hydrogens (tertiary/aromatic N) is 2. The van der Waals surface area contributed by atoms with Gasteiger partial charge in [0.15, 0.2) is 16.4 Å². The third kappa shape index (κ3) is 9.23. The van der Waals surface area contributed by atoms with Crippen molar-refractivity contribution >= 4 is 48.3 Å². The topological polar surface area (TPSA) is 127 Å². The molecular weight excluding hydrogens is 671 g/mol. The van der Waals surface area contributed by atoms with Gasteiger partial charge in [0, 0.05) is 43.9 Å². The van der Waals surface area contributed by atoms with Crippen molar-refractivity contribution in [3.05, 3.63) is 46.6 Å². The van der Waals surface area contributed by atoms with Gasteiger partial charge in [-0.3, -0.25) is 4.90 Å². The normalized spacial score (nSPS) is 19.6. The maximum Gasteiger partial charge on any atom is 0.393 e. The number of benzene rings is 2. The Kier molecular flexibility index (Phi) is 11.6. The SMILES string of the molecule is N#CCOc1cc(NCCO)c(F)cc1NCC#Cc1sc2c(NC3CCC(N4CCS(=O)(=O)CC4)CC3)cccc2c1CC(F)(F)F. The van der Waals surface area contributed by atoms with Crippen LogP contribution in [0.4, 0.5) is 34.6 Å². The van der Waals surface area contributed by atoms with Crippen molar-refractivity contribution in [3.8, 4) is 23.7 Å². The number of rotatable bonds is 11. The summed E-state index contributed by atoms with van der Waals surface area (Å²) in [5, 5.41) is 27.7. The highest BCUT2D eigenvalue weighted by molar-refractivity contribution is 7.91. The predicted molar refractivity (Wildman–Crippen MR) is 180 cm³/mol. The average Bonchev–Trinajstić information content (AvgIpc) is 3.39. The lowest BCUT2D eigenvalue weighted by Gasteiger charge is -2.39. The number of hydrogen-bond donors (Lipinski definition) is 4. The Balaban J connectivity index is 1.31. The number of halogens is 4. The highest BCUT2D eigenvalue weighted by Gasteiger charge is 2.32. The van der Waals surface area contributed by atoms with E-state index in [0.29, 0.717) is 29.2 Å². The van der Waals surface area contributed by atoms with Crippen molar-refractivity contribution in [2.45, 2.75) is 50.4 Å². The number of thiophene rings is 1. The molecule has 2 aliphatic rings. The number of alkyl halides is 3. The lowest BCUT2D eigenvalue weighted by molar-refractivity contribution is -0.126. The van der Waals surface area contributed by atoms with Crippen LogP contribution < -0.4 is 20.7 Å². The Morgan fingerprint density at radius 3 is 2.50 bits per heavy atom. The Morgan fingerprint density at radius 2 is 1.81 bits per heavy atom. The first-order valence-electron chi connectivity index (χ1n) is 15.7. The average molecular weight is 708 g/mol. The molecule has 1 saturated carbocycles.